The average molecular weight is 259 g/mol. The number of carbonyl (C=O) groups excluding carboxylic acids is 1. The van der Waals surface area contributed by atoms with Crippen LogP contribution in [-0.2, 0) is 6.54 Å². The van der Waals surface area contributed by atoms with Crippen molar-refractivity contribution in [2.24, 2.45) is 0 Å². The Hall–Kier alpha value is -2.36. The number of ether oxygens (including phenoxy) is 1. The van der Waals surface area contributed by atoms with Crippen molar-refractivity contribution in [2.45, 2.75) is 6.54 Å². The standard InChI is InChI=1S/C15H14FNO2/c1-19-14-8-7-12(9-13(14)16)15(18)17-10-11-5-3-2-4-6-11/h2-9H,10H2,1H3,(H,17,18). The second-order valence-corrected chi connectivity index (χ2v) is 4.02. The Balaban J connectivity index is 2.02. The van der Waals surface area contributed by atoms with E-state index in [0.29, 0.717) is 6.54 Å². The molecule has 0 heterocycles. The highest BCUT2D eigenvalue weighted by Crippen LogP contribution is 2.17. The molecular formula is C15H14FNO2. The molecule has 0 fully saturated rings. The van der Waals surface area contributed by atoms with E-state index in [0.717, 1.165) is 5.56 Å². The van der Waals surface area contributed by atoms with Crippen LogP contribution in [0.3, 0.4) is 0 Å². The Morgan fingerprint density at radius 3 is 2.58 bits per heavy atom. The molecule has 0 spiro atoms. The molecule has 0 aliphatic rings. The lowest BCUT2D eigenvalue weighted by Crippen LogP contribution is -2.22. The maximum atomic E-state index is 13.5. The fourth-order valence-electron chi connectivity index (χ4n) is 1.69. The van der Waals surface area contributed by atoms with Crippen LogP contribution >= 0.6 is 0 Å². The first-order chi connectivity index (χ1) is 9.20. The third-order valence-corrected chi connectivity index (χ3v) is 2.71. The zero-order valence-corrected chi connectivity index (χ0v) is 10.5. The molecule has 0 saturated heterocycles. The van der Waals surface area contributed by atoms with Crippen LogP contribution in [0, 0.1) is 5.82 Å². The van der Waals surface area contributed by atoms with Gasteiger partial charge in [-0.25, -0.2) is 4.39 Å². The number of rotatable bonds is 4. The van der Waals surface area contributed by atoms with Crippen LogP contribution < -0.4 is 10.1 Å². The quantitative estimate of drug-likeness (QED) is 0.916. The predicted octanol–water partition coefficient (Wildman–Crippen LogP) is 2.76. The van der Waals surface area contributed by atoms with Crippen LogP contribution in [0.15, 0.2) is 48.5 Å². The number of halogens is 1. The van der Waals surface area contributed by atoms with E-state index in [1.165, 1.54) is 25.3 Å². The lowest BCUT2D eigenvalue weighted by atomic mass is 10.2. The highest BCUT2D eigenvalue weighted by atomic mass is 19.1. The molecular weight excluding hydrogens is 245 g/mol. The molecule has 1 amide bonds. The summed E-state index contributed by atoms with van der Waals surface area (Å²) < 4.78 is 18.3. The van der Waals surface area contributed by atoms with Crippen molar-refractivity contribution < 1.29 is 13.9 Å². The predicted molar refractivity (Wildman–Crippen MR) is 70.6 cm³/mol. The molecule has 0 atom stereocenters. The first-order valence-corrected chi connectivity index (χ1v) is 5.86. The molecule has 2 rings (SSSR count). The summed E-state index contributed by atoms with van der Waals surface area (Å²) in [5.74, 6) is -0.736. The van der Waals surface area contributed by atoms with E-state index in [4.69, 9.17) is 4.74 Å². The minimum Gasteiger partial charge on any atom is -0.494 e. The number of nitrogens with one attached hydrogen (secondary N) is 1. The molecule has 3 nitrogen and oxygen atoms in total. The van der Waals surface area contributed by atoms with E-state index in [9.17, 15) is 9.18 Å². The topological polar surface area (TPSA) is 38.3 Å². The van der Waals surface area contributed by atoms with Crippen molar-refractivity contribution in [3.8, 4) is 5.75 Å². The van der Waals surface area contributed by atoms with E-state index in [1.807, 2.05) is 30.3 Å². The number of carbonyl (C=O) groups is 1. The highest BCUT2D eigenvalue weighted by molar-refractivity contribution is 5.94. The largest absolute Gasteiger partial charge is 0.494 e. The average Bonchev–Trinajstić information content (AvgIpc) is 2.45. The number of amides is 1. The van der Waals surface area contributed by atoms with Crippen LogP contribution in [0.5, 0.6) is 5.75 Å². The second kappa shape index (κ2) is 6.00. The molecule has 2 aromatic rings. The fourth-order valence-corrected chi connectivity index (χ4v) is 1.69. The van der Waals surface area contributed by atoms with Crippen LogP contribution in [0.4, 0.5) is 4.39 Å². The summed E-state index contributed by atoms with van der Waals surface area (Å²) in [6, 6.07) is 13.7. The minimum absolute atomic E-state index is 0.125. The summed E-state index contributed by atoms with van der Waals surface area (Å²) in [4.78, 5) is 11.9. The van der Waals surface area contributed by atoms with Gasteiger partial charge in [0.15, 0.2) is 11.6 Å². The molecule has 0 aromatic heterocycles. The molecule has 0 unspecified atom stereocenters. The van der Waals surface area contributed by atoms with Crippen molar-refractivity contribution >= 4 is 5.91 Å². The lowest BCUT2D eigenvalue weighted by Gasteiger charge is -2.07. The van der Waals surface area contributed by atoms with Gasteiger partial charge < -0.3 is 10.1 Å². The summed E-state index contributed by atoms with van der Waals surface area (Å²) in [5, 5.41) is 2.73. The molecule has 4 heteroatoms. The fraction of sp³-hybridized carbons (Fsp3) is 0.133. The van der Waals surface area contributed by atoms with E-state index in [1.54, 1.807) is 0 Å². The van der Waals surface area contributed by atoms with E-state index >= 15 is 0 Å². The summed E-state index contributed by atoms with van der Waals surface area (Å²) in [6.07, 6.45) is 0. The Bertz CT molecular complexity index is 570. The number of hydrogen-bond donors (Lipinski definition) is 1. The molecule has 1 N–H and O–H groups in total. The van der Waals surface area contributed by atoms with Crippen LogP contribution in [-0.4, -0.2) is 13.0 Å². The smallest absolute Gasteiger partial charge is 0.251 e. The second-order valence-electron chi connectivity index (χ2n) is 4.02. The highest BCUT2D eigenvalue weighted by Gasteiger charge is 2.09. The summed E-state index contributed by atoms with van der Waals surface area (Å²) in [6.45, 7) is 0.410. The van der Waals surface area contributed by atoms with Gasteiger partial charge in [-0.05, 0) is 23.8 Å². The molecule has 0 aliphatic heterocycles. The first-order valence-electron chi connectivity index (χ1n) is 5.86. The van der Waals surface area contributed by atoms with Gasteiger partial charge in [-0.3, -0.25) is 4.79 Å². The molecule has 2 aromatic carbocycles. The monoisotopic (exact) mass is 259 g/mol. The van der Waals surface area contributed by atoms with Gasteiger partial charge in [-0.1, -0.05) is 30.3 Å². The SMILES string of the molecule is COc1ccc(C(=O)NCc2ccccc2)cc1F. The molecule has 0 radical (unpaired) electrons. The van der Waals surface area contributed by atoms with E-state index < -0.39 is 5.82 Å². The first kappa shape index (κ1) is 13.1. The van der Waals surface area contributed by atoms with Gasteiger partial charge in [-0.2, -0.15) is 0 Å². The summed E-state index contributed by atoms with van der Waals surface area (Å²) >= 11 is 0. The Morgan fingerprint density at radius 2 is 1.95 bits per heavy atom. The zero-order valence-electron chi connectivity index (χ0n) is 10.5. The van der Waals surface area contributed by atoms with Gasteiger partial charge in [0, 0.05) is 12.1 Å². The van der Waals surface area contributed by atoms with Gasteiger partial charge >= 0.3 is 0 Å². The number of benzene rings is 2. The minimum atomic E-state index is -0.546. The van der Waals surface area contributed by atoms with Gasteiger partial charge in [0.25, 0.3) is 5.91 Å². The Morgan fingerprint density at radius 1 is 1.21 bits per heavy atom. The van der Waals surface area contributed by atoms with Gasteiger partial charge in [0.1, 0.15) is 0 Å². The summed E-state index contributed by atoms with van der Waals surface area (Å²) in [7, 11) is 1.38. The Labute approximate surface area is 111 Å². The maximum absolute atomic E-state index is 13.5. The van der Waals surface area contributed by atoms with Crippen molar-refractivity contribution in [1.82, 2.24) is 5.32 Å². The van der Waals surface area contributed by atoms with Crippen molar-refractivity contribution in [1.29, 1.82) is 0 Å². The molecule has 19 heavy (non-hydrogen) atoms. The third-order valence-electron chi connectivity index (χ3n) is 2.71. The maximum Gasteiger partial charge on any atom is 0.251 e. The lowest BCUT2D eigenvalue weighted by molar-refractivity contribution is 0.0950. The molecule has 0 bridgehead atoms. The third kappa shape index (κ3) is 3.31. The van der Waals surface area contributed by atoms with Gasteiger partial charge in [0.05, 0.1) is 7.11 Å². The molecule has 98 valence electrons. The van der Waals surface area contributed by atoms with Crippen LogP contribution in [0.1, 0.15) is 15.9 Å². The van der Waals surface area contributed by atoms with Gasteiger partial charge in [-0.15, -0.1) is 0 Å². The number of hydrogen-bond acceptors (Lipinski definition) is 2. The van der Waals surface area contributed by atoms with Gasteiger partial charge in [0.2, 0.25) is 0 Å². The van der Waals surface area contributed by atoms with E-state index in [-0.39, 0.29) is 17.2 Å². The van der Waals surface area contributed by atoms with Crippen molar-refractivity contribution in [3.63, 3.8) is 0 Å². The van der Waals surface area contributed by atoms with E-state index in [2.05, 4.69) is 5.32 Å². The molecule has 0 saturated carbocycles. The Kier molecular flexibility index (Phi) is 4.13. The van der Waals surface area contributed by atoms with Crippen LogP contribution in [0.2, 0.25) is 0 Å². The van der Waals surface area contributed by atoms with Crippen molar-refractivity contribution in [3.05, 3.63) is 65.5 Å². The van der Waals surface area contributed by atoms with Crippen molar-refractivity contribution in [2.75, 3.05) is 7.11 Å². The molecule has 0 aliphatic carbocycles. The zero-order chi connectivity index (χ0) is 13.7. The normalized spacial score (nSPS) is 10.0. The summed E-state index contributed by atoms with van der Waals surface area (Å²) in [5.41, 5.74) is 1.26. The number of methoxy groups -OCH3 is 1. The van der Waals surface area contributed by atoms with Crippen LogP contribution in [0.25, 0.3) is 0 Å².